The van der Waals surface area contributed by atoms with Gasteiger partial charge in [0.25, 0.3) is 0 Å². The molecule has 0 aliphatic carbocycles. The largest absolute Gasteiger partial charge is 0.486 e. The number of amides is 1. The van der Waals surface area contributed by atoms with Gasteiger partial charge in [-0.25, -0.2) is 4.79 Å². The van der Waals surface area contributed by atoms with E-state index in [9.17, 15) is 4.79 Å². The first-order valence-electron chi connectivity index (χ1n) is 5.66. The molecule has 1 amide bonds. The Balaban J connectivity index is 1.94. The predicted octanol–water partition coefficient (Wildman–Crippen LogP) is 1.63. The summed E-state index contributed by atoms with van der Waals surface area (Å²) in [6, 6.07) is 5.67. The maximum atomic E-state index is 11.2. The summed E-state index contributed by atoms with van der Waals surface area (Å²) >= 11 is 0. The van der Waals surface area contributed by atoms with E-state index in [0.717, 1.165) is 23.5 Å². The number of fused-ring (bicyclic) bond motifs is 1. The molecule has 0 unspecified atom stereocenters. The number of benzene rings is 1. The van der Waals surface area contributed by atoms with Crippen LogP contribution in [0, 0.1) is 0 Å². The number of carbonyl (C=O) groups excluding carboxylic acids is 1. The van der Waals surface area contributed by atoms with E-state index in [0.29, 0.717) is 19.8 Å². The predicted molar refractivity (Wildman–Crippen MR) is 59.3 cm³/mol. The van der Waals surface area contributed by atoms with Crippen LogP contribution in [0.5, 0.6) is 11.5 Å². The fourth-order valence-electron chi connectivity index (χ4n) is 2.13. The number of hydrogen-bond acceptors (Lipinski definition) is 4. The van der Waals surface area contributed by atoms with Gasteiger partial charge in [0, 0.05) is 12.0 Å². The first kappa shape index (κ1) is 10.3. The van der Waals surface area contributed by atoms with Crippen LogP contribution in [0.1, 0.15) is 18.0 Å². The van der Waals surface area contributed by atoms with Crippen molar-refractivity contribution in [2.75, 3.05) is 19.8 Å². The molecule has 17 heavy (non-hydrogen) atoms. The minimum Gasteiger partial charge on any atom is -0.486 e. The third-order valence-electron chi connectivity index (χ3n) is 2.90. The third-order valence-corrected chi connectivity index (χ3v) is 2.90. The highest BCUT2D eigenvalue weighted by Crippen LogP contribution is 2.38. The zero-order valence-electron chi connectivity index (χ0n) is 9.27. The molecule has 5 nitrogen and oxygen atoms in total. The Morgan fingerprint density at radius 1 is 1.12 bits per heavy atom. The molecule has 1 N–H and O–H groups in total. The SMILES string of the molecule is O=C1N[C@@H](c2cccc3c2OCCO3)CCO1. The summed E-state index contributed by atoms with van der Waals surface area (Å²) < 4.78 is 16.0. The Morgan fingerprint density at radius 3 is 2.88 bits per heavy atom. The van der Waals surface area contributed by atoms with Gasteiger partial charge in [0.1, 0.15) is 13.2 Å². The summed E-state index contributed by atoms with van der Waals surface area (Å²) in [7, 11) is 0. The van der Waals surface area contributed by atoms with Crippen molar-refractivity contribution in [3.8, 4) is 11.5 Å². The molecule has 1 saturated heterocycles. The normalized spacial score (nSPS) is 22.6. The van der Waals surface area contributed by atoms with Gasteiger partial charge in [0.15, 0.2) is 11.5 Å². The molecule has 90 valence electrons. The average Bonchev–Trinajstić information content (AvgIpc) is 2.38. The average molecular weight is 235 g/mol. The molecule has 0 aromatic heterocycles. The minimum absolute atomic E-state index is 0.0621. The highest BCUT2D eigenvalue weighted by atomic mass is 16.6. The molecule has 1 fully saturated rings. The molecule has 2 aliphatic rings. The molecule has 0 saturated carbocycles. The van der Waals surface area contributed by atoms with Crippen LogP contribution in [0.25, 0.3) is 0 Å². The van der Waals surface area contributed by atoms with E-state index in [1.807, 2.05) is 18.2 Å². The van der Waals surface area contributed by atoms with Crippen molar-refractivity contribution in [2.45, 2.75) is 12.5 Å². The van der Waals surface area contributed by atoms with E-state index in [1.165, 1.54) is 0 Å². The fraction of sp³-hybridized carbons (Fsp3) is 0.417. The number of para-hydroxylation sites is 1. The Labute approximate surface area is 98.7 Å². The van der Waals surface area contributed by atoms with Gasteiger partial charge in [-0.15, -0.1) is 0 Å². The third kappa shape index (κ3) is 1.88. The van der Waals surface area contributed by atoms with Gasteiger partial charge in [-0.1, -0.05) is 12.1 Å². The van der Waals surface area contributed by atoms with Crippen molar-refractivity contribution in [2.24, 2.45) is 0 Å². The molecule has 2 aliphatic heterocycles. The van der Waals surface area contributed by atoms with Crippen molar-refractivity contribution >= 4 is 6.09 Å². The van der Waals surface area contributed by atoms with Crippen LogP contribution in [0.2, 0.25) is 0 Å². The topological polar surface area (TPSA) is 56.8 Å². The highest BCUT2D eigenvalue weighted by Gasteiger charge is 2.26. The van der Waals surface area contributed by atoms with Crippen molar-refractivity contribution in [3.05, 3.63) is 23.8 Å². The van der Waals surface area contributed by atoms with Crippen LogP contribution in [0.3, 0.4) is 0 Å². The second-order valence-electron chi connectivity index (χ2n) is 3.99. The molecule has 3 rings (SSSR count). The molecule has 1 aromatic rings. The van der Waals surface area contributed by atoms with Crippen LogP contribution in [0.15, 0.2) is 18.2 Å². The molecule has 1 aromatic carbocycles. The van der Waals surface area contributed by atoms with E-state index in [-0.39, 0.29) is 12.1 Å². The molecular weight excluding hydrogens is 222 g/mol. The molecule has 0 spiro atoms. The van der Waals surface area contributed by atoms with E-state index in [2.05, 4.69) is 5.32 Å². The lowest BCUT2D eigenvalue weighted by Crippen LogP contribution is -2.35. The molecular formula is C12H13NO4. The summed E-state index contributed by atoms with van der Waals surface area (Å²) in [5.74, 6) is 1.49. The van der Waals surface area contributed by atoms with Gasteiger partial charge in [0.05, 0.1) is 12.6 Å². The first-order valence-corrected chi connectivity index (χ1v) is 5.66. The monoisotopic (exact) mass is 235 g/mol. The van der Waals surface area contributed by atoms with Crippen molar-refractivity contribution < 1.29 is 19.0 Å². The van der Waals surface area contributed by atoms with Gasteiger partial charge < -0.3 is 19.5 Å². The highest BCUT2D eigenvalue weighted by molar-refractivity contribution is 5.69. The van der Waals surface area contributed by atoms with Gasteiger partial charge >= 0.3 is 6.09 Å². The fourth-order valence-corrected chi connectivity index (χ4v) is 2.13. The molecule has 5 heteroatoms. The maximum absolute atomic E-state index is 11.2. The van der Waals surface area contributed by atoms with Gasteiger partial charge in [0.2, 0.25) is 0 Å². The standard InChI is InChI=1S/C12H13NO4/c14-12-13-9(4-5-17-12)8-2-1-3-10-11(8)16-7-6-15-10/h1-3,9H,4-7H2,(H,13,14)/t9-/m1/s1. The van der Waals surface area contributed by atoms with Crippen molar-refractivity contribution in [1.29, 1.82) is 0 Å². The van der Waals surface area contributed by atoms with E-state index in [4.69, 9.17) is 14.2 Å². The van der Waals surface area contributed by atoms with Crippen LogP contribution in [0.4, 0.5) is 4.79 Å². The zero-order valence-corrected chi connectivity index (χ0v) is 9.27. The lowest BCUT2D eigenvalue weighted by molar-refractivity contribution is 0.113. The maximum Gasteiger partial charge on any atom is 0.407 e. The Hall–Kier alpha value is -1.91. The molecule has 0 bridgehead atoms. The molecule has 2 heterocycles. The number of ether oxygens (including phenoxy) is 3. The van der Waals surface area contributed by atoms with E-state index in [1.54, 1.807) is 0 Å². The zero-order chi connectivity index (χ0) is 11.7. The van der Waals surface area contributed by atoms with E-state index >= 15 is 0 Å². The summed E-state index contributed by atoms with van der Waals surface area (Å²) in [4.78, 5) is 11.2. The lowest BCUT2D eigenvalue weighted by Gasteiger charge is -2.28. The Bertz CT molecular complexity index is 446. The quantitative estimate of drug-likeness (QED) is 0.803. The van der Waals surface area contributed by atoms with Gasteiger partial charge in [-0.3, -0.25) is 0 Å². The van der Waals surface area contributed by atoms with Crippen LogP contribution in [-0.2, 0) is 4.74 Å². The van der Waals surface area contributed by atoms with Crippen molar-refractivity contribution in [3.63, 3.8) is 0 Å². The van der Waals surface area contributed by atoms with Gasteiger partial charge in [-0.2, -0.15) is 0 Å². The number of nitrogens with one attached hydrogen (secondary N) is 1. The molecule has 1 atom stereocenters. The van der Waals surface area contributed by atoms with E-state index < -0.39 is 0 Å². The summed E-state index contributed by atoms with van der Waals surface area (Å²) in [6.07, 6.45) is 0.363. The second-order valence-corrected chi connectivity index (χ2v) is 3.99. The molecule has 0 radical (unpaired) electrons. The smallest absolute Gasteiger partial charge is 0.407 e. The second kappa shape index (κ2) is 4.16. The summed E-state index contributed by atoms with van der Waals surface area (Å²) in [5, 5.41) is 2.79. The first-order chi connectivity index (χ1) is 8.34. The summed E-state index contributed by atoms with van der Waals surface area (Å²) in [5.41, 5.74) is 0.957. The van der Waals surface area contributed by atoms with Crippen LogP contribution < -0.4 is 14.8 Å². The summed E-state index contributed by atoms with van der Waals surface area (Å²) in [6.45, 7) is 1.54. The lowest BCUT2D eigenvalue weighted by atomic mass is 10.0. The van der Waals surface area contributed by atoms with Crippen molar-refractivity contribution in [1.82, 2.24) is 5.32 Å². The Kier molecular flexibility index (Phi) is 2.51. The number of carbonyl (C=O) groups is 1. The van der Waals surface area contributed by atoms with Crippen LogP contribution >= 0.6 is 0 Å². The Morgan fingerprint density at radius 2 is 2.00 bits per heavy atom. The number of alkyl carbamates (subject to hydrolysis) is 1. The number of rotatable bonds is 1. The van der Waals surface area contributed by atoms with Crippen LogP contribution in [-0.4, -0.2) is 25.9 Å². The minimum atomic E-state index is -0.379. The number of hydrogen-bond donors (Lipinski definition) is 1. The number of cyclic esters (lactones) is 1. The van der Waals surface area contributed by atoms with Gasteiger partial charge in [-0.05, 0) is 6.07 Å².